The van der Waals surface area contributed by atoms with Crippen LogP contribution in [0.2, 0.25) is 0 Å². The molecule has 2 N–H and O–H groups in total. The lowest BCUT2D eigenvalue weighted by Crippen LogP contribution is -2.05. The molecule has 0 bridgehead atoms. The molecule has 0 aliphatic carbocycles. The van der Waals surface area contributed by atoms with E-state index in [1.54, 1.807) is 18.3 Å². The van der Waals surface area contributed by atoms with Crippen molar-refractivity contribution in [3.8, 4) is 5.75 Å². The van der Waals surface area contributed by atoms with E-state index in [2.05, 4.69) is 10.5 Å². The number of rotatable bonds is 4. The van der Waals surface area contributed by atoms with E-state index in [1.165, 1.54) is 0 Å². The zero-order valence-electron chi connectivity index (χ0n) is 9.38. The Morgan fingerprint density at radius 1 is 1.00 bits per heavy atom. The maximum atomic E-state index is 9.54. The van der Waals surface area contributed by atoms with Crippen LogP contribution in [0.4, 0.5) is 0 Å². The lowest BCUT2D eigenvalue weighted by Gasteiger charge is -2.02. The van der Waals surface area contributed by atoms with E-state index >= 15 is 0 Å². The average molecular weight is 226 g/mol. The van der Waals surface area contributed by atoms with Crippen LogP contribution in [-0.4, -0.2) is 11.3 Å². The van der Waals surface area contributed by atoms with Crippen LogP contribution in [0.5, 0.6) is 5.75 Å². The Balaban J connectivity index is 1.88. The second-order valence-electron chi connectivity index (χ2n) is 3.63. The van der Waals surface area contributed by atoms with Gasteiger partial charge >= 0.3 is 0 Å². The van der Waals surface area contributed by atoms with Gasteiger partial charge in [-0.15, -0.1) is 0 Å². The predicted octanol–water partition coefficient (Wildman–Crippen LogP) is 2.52. The third-order valence-electron chi connectivity index (χ3n) is 2.37. The monoisotopic (exact) mass is 226 g/mol. The smallest absolute Gasteiger partial charge is 0.120 e. The van der Waals surface area contributed by atoms with Crippen LogP contribution in [-0.2, 0) is 6.54 Å². The van der Waals surface area contributed by atoms with Crippen molar-refractivity contribution in [1.82, 2.24) is 5.43 Å². The molecule has 2 rings (SSSR count). The van der Waals surface area contributed by atoms with E-state index in [4.69, 9.17) is 0 Å². The third kappa shape index (κ3) is 3.34. The SMILES string of the molecule is Oc1ccccc1CNN=Cc1ccccc1. The molecule has 2 aromatic rings. The van der Waals surface area contributed by atoms with Gasteiger partial charge in [-0.05, 0) is 11.6 Å². The minimum absolute atomic E-state index is 0.287. The van der Waals surface area contributed by atoms with Crippen LogP contribution in [0.3, 0.4) is 0 Å². The Kier molecular flexibility index (Phi) is 3.76. The summed E-state index contributed by atoms with van der Waals surface area (Å²) in [5.74, 6) is 0.287. The quantitative estimate of drug-likeness (QED) is 0.621. The van der Waals surface area contributed by atoms with Crippen LogP contribution in [0.25, 0.3) is 0 Å². The largest absolute Gasteiger partial charge is 0.508 e. The van der Waals surface area contributed by atoms with Gasteiger partial charge in [-0.2, -0.15) is 5.10 Å². The third-order valence-corrected chi connectivity index (χ3v) is 2.37. The van der Waals surface area contributed by atoms with Crippen LogP contribution < -0.4 is 5.43 Å². The molecule has 86 valence electrons. The van der Waals surface area contributed by atoms with E-state index in [1.807, 2.05) is 42.5 Å². The van der Waals surface area contributed by atoms with Gasteiger partial charge in [0.25, 0.3) is 0 Å². The zero-order valence-corrected chi connectivity index (χ0v) is 9.38. The molecule has 0 heterocycles. The highest BCUT2D eigenvalue weighted by Gasteiger charge is 1.96. The first-order chi connectivity index (χ1) is 8.36. The number of hydrazone groups is 1. The maximum Gasteiger partial charge on any atom is 0.120 e. The molecule has 0 saturated carbocycles. The van der Waals surface area contributed by atoms with Crippen molar-refractivity contribution in [2.24, 2.45) is 5.10 Å². The molecular formula is C14H14N2O. The van der Waals surface area contributed by atoms with Crippen molar-refractivity contribution < 1.29 is 5.11 Å². The van der Waals surface area contributed by atoms with E-state index in [9.17, 15) is 5.11 Å². The molecule has 0 radical (unpaired) electrons. The second kappa shape index (κ2) is 5.70. The number of phenols is 1. The Labute approximate surface area is 100 Å². The number of nitrogens with one attached hydrogen (secondary N) is 1. The van der Waals surface area contributed by atoms with Crippen molar-refractivity contribution in [2.75, 3.05) is 0 Å². The second-order valence-corrected chi connectivity index (χ2v) is 3.63. The Morgan fingerprint density at radius 3 is 2.47 bits per heavy atom. The number of hydrogen-bond acceptors (Lipinski definition) is 3. The van der Waals surface area contributed by atoms with Gasteiger partial charge in [-0.1, -0.05) is 48.5 Å². The fourth-order valence-corrected chi connectivity index (χ4v) is 1.45. The van der Waals surface area contributed by atoms with Gasteiger partial charge in [0.15, 0.2) is 0 Å². The summed E-state index contributed by atoms with van der Waals surface area (Å²) >= 11 is 0. The maximum absolute atomic E-state index is 9.54. The van der Waals surface area contributed by atoms with Gasteiger partial charge in [0.05, 0.1) is 12.8 Å². The number of benzene rings is 2. The molecule has 17 heavy (non-hydrogen) atoms. The van der Waals surface area contributed by atoms with Crippen LogP contribution >= 0.6 is 0 Å². The first-order valence-electron chi connectivity index (χ1n) is 5.44. The lowest BCUT2D eigenvalue weighted by molar-refractivity contribution is 0.465. The molecule has 0 aliphatic rings. The topological polar surface area (TPSA) is 44.6 Å². The molecule has 0 aliphatic heterocycles. The molecule has 0 aromatic heterocycles. The fourth-order valence-electron chi connectivity index (χ4n) is 1.45. The molecule has 3 heteroatoms. The summed E-state index contributed by atoms with van der Waals surface area (Å²) in [6.45, 7) is 0.510. The van der Waals surface area contributed by atoms with Gasteiger partial charge in [-0.3, -0.25) is 0 Å². The molecule has 0 spiro atoms. The molecule has 0 saturated heterocycles. The first kappa shape index (κ1) is 11.2. The van der Waals surface area contributed by atoms with Crippen molar-refractivity contribution in [3.05, 3.63) is 65.7 Å². The molecular weight excluding hydrogens is 212 g/mol. The number of para-hydroxylation sites is 1. The highest BCUT2D eigenvalue weighted by molar-refractivity contribution is 5.79. The molecule has 2 aromatic carbocycles. The van der Waals surface area contributed by atoms with Gasteiger partial charge < -0.3 is 10.5 Å². The van der Waals surface area contributed by atoms with Crippen LogP contribution in [0, 0.1) is 0 Å². The minimum atomic E-state index is 0.287. The zero-order chi connectivity index (χ0) is 11.9. The molecule has 3 nitrogen and oxygen atoms in total. The normalized spacial score (nSPS) is 10.6. The van der Waals surface area contributed by atoms with Crippen molar-refractivity contribution in [3.63, 3.8) is 0 Å². The summed E-state index contributed by atoms with van der Waals surface area (Å²) in [7, 11) is 0. The van der Waals surface area contributed by atoms with Gasteiger partial charge in [0.1, 0.15) is 5.75 Å². The van der Waals surface area contributed by atoms with Gasteiger partial charge in [0, 0.05) is 5.56 Å². The predicted molar refractivity (Wildman–Crippen MR) is 69.0 cm³/mol. The van der Waals surface area contributed by atoms with E-state index in [0.717, 1.165) is 11.1 Å². The van der Waals surface area contributed by atoms with E-state index in [-0.39, 0.29) is 5.75 Å². The first-order valence-corrected chi connectivity index (χ1v) is 5.44. The average Bonchev–Trinajstić information content (AvgIpc) is 2.38. The van der Waals surface area contributed by atoms with Gasteiger partial charge in [-0.25, -0.2) is 0 Å². The highest BCUT2D eigenvalue weighted by atomic mass is 16.3. The Bertz CT molecular complexity index is 495. The number of hydrogen-bond donors (Lipinski definition) is 2. The summed E-state index contributed by atoms with van der Waals surface area (Å²) in [4.78, 5) is 0. The molecule has 0 fully saturated rings. The molecule has 0 amide bonds. The van der Waals surface area contributed by atoms with E-state index < -0.39 is 0 Å². The number of nitrogens with zero attached hydrogens (tertiary/aromatic N) is 1. The fraction of sp³-hybridized carbons (Fsp3) is 0.0714. The lowest BCUT2D eigenvalue weighted by atomic mass is 10.2. The van der Waals surface area contributed by atoms with Crippen LogP contribution in [0.15, 0.2) is 59.7 Å². The van der Waals surface area contributed by atoms with Crippen LogP contribution in [0.1, 0.15) is 11.1 Å². The summed E-state index contributed by atoms with van der Waals surface area (Å²) < 4.78 is 0. The molecule has 0 unspecified atom stereocenters. The van der Waals surface area contributed by atoms with Crippen molar-refractivity contribution in [2.45, 2.75) is 6.54 Å². The Morgan fingerprint density at radius 2 is 1.71 bits per heavy atom. The summed E-state index contributed by atoms with van der Waals surface area (Å²) in [6, 6.07) is 17.1. The van der Waals surface area contributed by atoms with Crippen molar-refractivity contribution in [1.29, 1.82) is 0 Å². The molecule has 0 atom stereocenters. The number of aromatic hydroxyl groups is 1. The summed E-state index contributed by atoms with van der Waals surface area (Å²) in [6.07, 6.45) is 1.75. The van der Waals surface area contributed by atoms with E-state index in [0.29, 0.717) is 6.54 Å². The Hall–Kier alpha value is -2.29. The summed E-state index contributed by atoms with van der Waals surface area (Å²) in [5, 5.41) is 13.6. The van der Waals surface area contributed by atoms with Gasteiger partial charge in [0.2, 0.25) is 0 Å². The summed E-state index contributed by atoms with van der Waals surface area (Å²) in [5.41, 5.74) is 4.77. The van der Waals surface area contributed by atoms with Crippen molar-refractivity contribution >= 4 is 6.21 Å². The number of phenolic OH excluding ortho intramolecular Hbond substituents is 1. The highest BCUT2D eigenvalue weighted by Crippen LogP contribution is 2.14. The minimum Gasteiger partial charge on any atom is -0.508 e. The standard InChI is InChI=1S/C14H14N2O/c17-14-9-5-4-8-13(14)11-16-15-10-12-6-2-1-3-7-12/h1-10,16-17H,11H2.